The van der Waals surface area contributed by atoms with Gasteiger partial charge in [-0.3, -0.25) is 0 Å². The summed E-state index contributed by atoms with van der Waals surface area (Å²) in [6.07, 6.45) is 0. The molecule has 0 saturated carbocycles. The Labute approximate surface area is 510 Å². The van der Waals surface area contributed by atoms with Crippen molar-refractivity contribution in [2.24, 2.45) is 0 Å². The molecule has 0 amide bonds. The summed E-state index contributed by atoms with van der Waals surface area (Å²) in [5.41, 5.74) is 19.8. The Morgan fingerprint density at radius 3 is 1.01 bits per heavy atom. The number of hydrogen-bond donors (Lipinski definition) is 0. The van der Waals surface area contributed by atoms with Crippen LogP contribution in [0.4, 0.5) is 34.1 Å². The predicted molar refractivity (Wildman–Crippen MR) is 365 cm³/mol. The van der Waals surface area contributed by atoms with Crippen LogP contribution in [0.25, 0.3) is 111 Å². The van der Waals surface area contributed by atoms with Crippen molar-refractivity contribution in [2.45, 2.75) is 0 Å². The zero-order valence-electron chi connectivity index (χ0n) is 47.9. The van der Waals surface area contributed by atoms with E-state index in [1.807, 2.05) is 0 Å². The van der Waals surface area contributed by atoms with E-state index in [9.17, 15) is 0 Å². The molecular weight excluding hydrogens is 1070 g/mol. The highest BCUT2D eigenvalue weighted by Crippen LogP contribution is 2.43. The van der Waals surface area contributed by atoms with Crippen molar-refractivity contribution in [1.82, 2.24) is 24.1 Å². The highest BCUT2D eigenvalue weighted by atomic mass is 15.2. The van der Waals surface area contributed by atoms with Crippen LogP contribution in [0.2, 0.25) is 0 Å². The molecule has 0 atom stereocenters. The number of rotatable bonds is 13. The van der Waals surface area contributed by atoms with Crippen molar-refractivity contribution in [2.75, 3.05) is 9.80 Å². The molecule has 0 N–H and O–H groups in total. The highest BCUT2D eigenvalue weighted by molar-refractivity contribution is 6.12. The zero-order chi connectivity index (χ0) is 58.3. The van der Waals surface area contributed by atoms with E-state index in [0.717, 1.165) is 128 Å². The summed E-state index contributed by atoms with van der Waals surface area (Å²) in [6, 6.07) is 118. The minimum atomic E-state index is 0.564. The molecule has 3 aromatic heterocycles. The minimum Gasteiger partial charge on any atom is -0.310 e. The Kier molecular flexibility index (Phi) is 13.1. The van der Waals surface area contributed by atoms with E-state index in [1.165, 1.54) is 0 Å². The lowest BCUT2D eigenvalue weighted by Crippen LogP contribution is -2.09. The fourth-order valence-electron chi connectivity index (χ4n) is 12.7. The summed E-state index contributed by atoms with van der Waals surface area (Å²) in [5, 5.41) is 4.62. The molecule has 7 nitrogen and oxygen atoms in total. The molecule has 88 heavy (non-hydrogen) atoms. The molecule has 414 valence electrons. The van der Waals surface area contributed by atoms with E-state index < -0.39 is 0 Å². The van der Waals surface area contributed by atoms with E-state index in [2.05, 4.69) is 353 Å². The molecule has 0 aliphatic rings. The van der Waals surface area contributed by atoms with Crippen molar-refractivity contribution in [3.05, 3.63) is 334 Å². The van der Waals surface area contributed by atoms with Gasteiger partial charge in [0.05, 0.1) is 22.1 Å². The van der Waals surface area contributed by atoms with Crippen molar-refractivity contribution in [3.63, 3.8) is 0 Å². The first-order chi connectivity index (χ1) is 43.6. The van der Waals surface area contributed by atoms with E-state index in [1.54, 1.807) is 0 Å². The fraction of sp³-hybridized carbons (Fsp3) is 0. The van der Waals surface area contributed by atoms with Crippen molar-refractivity contribution in [1.29, 1.82) is 0 Å². The van der Waals surface area contributed by atoms with Gasteiger partial charge in [0.1, 0.15) is 0 Å². The van der Waals surface area contributed by atoms with E-state index in [0.29, 0.717) is 17.5 Å². The van der Waals surface area contributed by atoms with Crippen LogP contribution in [0.1, 0.15) is 0 Å². The van der Waals surface area contributed by atoms with Crippen molar-refractivity contribution < 1.29 is 0 Å². The standard InChI is InChI=1S/C81H55N7/c1-7-25-56(26-8-1)58-45-48-71(72(53-58)57-27-9-2-10-28-57)81-83-79(59-29-23-39-65(51-59)87-75-43-21-19-41-69(75)73-54-67(46-49-77(73)87)85(61-31-11-3-12-32-61)62-33-13-4-14-34-62)82-80(84-81)60-30-24-40-66(52-60)88-76-44-22-20-42-70(76)74-55-68(47-50-78(74)88)86(63-35-15-5-16-36-63)64-37-17-6-18-38-64/h1-55H. The first-order valence-electron chi connectivity index (χ1n) is 29.8. The van der Waals surface area contributed by atoms with Crippen LogP contribution in [0, 0.1) is 0 Å². The molecule has 0 aliphatic carbocycles. The summed E-state index contributed by atoms with van der Waals surface area (Å²) >= 11 is 0. The molecule has 3 heterocycles. The Bertz CT molecular complexity index is 4860. The van der Waals surface area contributed by atoms with Crippen LogP contribution in [-0.2, 0) is 0 Å². The summed E-state index contributed by atoms with van der Waals surface area (Å²) in [7, 11) is 0. The normalized spacial score (nSPS) is 11.4. The molecular formula is C81H55N7. The maximum absolute atomic E-state index is 5.50. The van der Waals surface area contributed by atoms with Crippen LogP contribution >= 0.6 is 0 Å². The average molecular weight is 1130 g/mol. The first-order valence-corrected chi connectivity index (χ1v) is 29.8. The van der Waals surface area contributed by atoms with Crippen molar-refractivity contribution >= 4 is 77.7 Å². The quantitative estimate of drug-likeness (QED) is 0.115. The Morgan fingerprint density at radius 1 is 0.205 bits per heavy atom. The molecule has 0 unspecified atom stereocenters. The zero-order valence-corrected chi connectivity index (χ0v) is 47.9. The second-order valence-electron chi connectivity index (χ2n) is 22.0. The third kappa shape index (κ3) is 9.40. The number of hydrogen-bond acceptors (Lipinski definition) is 5. The Hall–Kier alpha value is -11.9. The number of fused-ring (bicyclic) bond motifs is 6. The van der Waals surface area contributed by atoms with Crippen LogP contribution in [0.15, 0.2) is 334 Å². The lowest BCUT2D eigenvalue weighted by Gasteiger charge is -2.25. The van der Waals surface area contributed by atoms with Gasteiger partial charge in [0.15, 0.2) is 17.5 Å². The van der Waals surface area contributed by atoms with Gasteiger partial charge >= 0.3 is 0 Å². The van der Waals surface area contributed by atoms with Gasteiger partial charge in [-0.05, 0) is 156 Å². The first kappa shape index (κ1) is 51.7. The van der Waals surface area contributed by atoms with Gasteiger partial charge in [-0.2, -0.15) is 0 Å². The van der Waals surface area contributed by atoms with E-state index >= 15 is 0 Å². The van der Waals surface area contributed by atoms with Crippen LogP contribution in [-0.4, -0.2) is 24.1 Å². The van der Waals surface area contributed by atoms with E-state index in [-0.39, 0.29) is 0 Å². The smallest absolute Gasteiger partial charge is 0.164 e. The Morgan fingerprint density at radius 2 is 0.568 bits per heavy atom. The molecule has 0 spiro atoms. The fourth-order valence-corrected chi connectivity index (χ4v) is 12.7. The molecule has 0 radical (unpaired) electrons. The van der Waals surface area contributed by atoms with Gasteiger partial charge in [0.25, 0.3) is 0 Å². The van der Waals surface area contributed by atoms with Gasteiger partial charge in [-0.1, -0.05) is 200 Å². The SMILES string of the molecule is c1ccc(-c2ccc(-c3nc(-c4cccc(-n5c6ccccc6c6cc(N(c7ccccc7)c7ccccc7)ccc65)c4)nc(-c4cccc(-n5c6ccccc6c6cc(N(c7ccccc7)c7ccccc7)ccc65)c4)n3)c(-c3ccccc3)c2)cc1. The Balaban J connectivity index is 0.860. The molecule has 13 aromatic carbocycles. The number of anilines is 6. The van der Waals surface area contributed by atoms with Crippen LogP contribution < -0.4 is 9.80 Å². The molecule has 0 saturated heterocycles. The number of para-hydroxylation sites is 6. The second kappa shape index (κ2) is 22.2. The molecule has 0 bridgehead atoms. The van der Waals surface area contributed by atoms with Gasteiger partial charge in [0, 0.05) is 83.7 Å². The molecule has 0 fully saturated rings. The second-order valence-corrected chi connectivity index (χ2v) is 22.0. The monoisotopic (exact) mass is 1130 g/mol. The largest absolute Gasteiger partial charge is 0.310 e. The van der Waals surface area contributed by atoms with Gasteiger partial charge in [-0.25, -0.2) is 15.0 Å². The summed E-state index contributed by atoms with van der Waals surface area (Å²) < 4.78 is 4.73. The summed E-state index contributed by atoms with van der Waals surface area (Å²) in [6.45, 7) is 0. The highest BCUT2D eigenvalue weighted by Gasteiger charge is 2.23. The van der Waals surface area contributed by atoms with Crippen LogP contribution in [0.3, 0.4) is 0 Å². The lowest BCUT2D eigenvalue weighted by molar-refractivity contribution is 1.07. The molecule has 16 aromatic rings. The number of aromatic nitrogens is 5. The third-order valence-electron chi connectivity index (χ3n) is 16.7. The van der Waals surface area contributed by atoms with Gasteiger partial charge < -0.3 is 18.9 Å². The predicted octanol–water partition coefficient (Wildman–Crippen LogP) is 21.3. The molecule has 0 aliphatic heterocycles. The summed E-state index contributed by atoms with van der Waals surface area (Å²) in [4.78, 5) is 21.1. The molecule has 7 heteroatoms. The van der Waals surface area contributed by atoms with Crippen molar-refractivity contribution in [3.8, 4) is 67.8 Å². The van der Waals surface area contributed by atoms with Gasteiger partial charge in [-0.15, -0.1) is 0 Å². The van der Waals surface area contributed by atoms with E-state index in [4.69, 9.17) is 15.0 Å². The summed E-state index contributed by atoms with van der Waals surface area (Å²) in [5.74, 6) is 1.70. The third-order valence-corrected chi connectivity index (χ3v) is 16.7. The lowest BCUT2D eigenvalue weighted by atomic mass is 9.94. The average Bonchev–Trinajstić information content (AvgIpc) is 1.72. The maximum atomic E-state index is 5.50. The van der Waals surface area contributed by atoms with Gasteiger partial charge in [0.2, 0.25) is 0 Å². The number of benzene rings is 13. The topological polar surface area (TPSA) is 55.0 Å². The minimum absolute atomic E-state index is 0.564. The number of nitrogens with zero attached hydrogens (tertiary/aromatic N) is 7. The van der Waals surface area contributed by atoms with Crippen LogP contribution in [0.5, 0.6) is 0 Å². The maximum Gasteiger partial charge on any atom is 0.164 e. The molecule has 16 rings (SSSR count).